The average Bonchev–Trinajstić information content (AvgIpc) is 2.52. The number of rotatable bonds is 4. The van der Waals surface area contributed by atoms with E-state index in [1.165, 1.54) is 12.1 Å². The molecule has 1 fully saturated rings. The number of nitrogens with one attached hydrogen (secondary N) is 1. The number of benzene rings is 1. The summed E-state index contributed by atoms with van der Waals surface area (Å²) in [5.41, 5.74) is 0.513. The van der Waals surface area contributed by atoms with E-state index in [2.05, 4.69) is 5.32 Å². The van der Waals surface area contributed by atoms with Gasteiger partial charge in [0, 0.05) is 13.7 Å². The van der Waals surface area contributed by atoms with Gasteiger partial charge in [-0.3, -0.25) is 0 Å². The van der Waals surface area contributed by atoms with Gasteiger partial charge >= 0.3 is 6.03 Å². The molecule has 24 heavy (non-hydrogen) atoms. The predicted molar refractivity (Wildman–Crippen MR) is 90.3 cm³/mol. The molecular formula is C18H27FN2O3. The zero-order chi connectivity index (χ0) is 17.7. The third-order valence-corrected chi connectivity index (χ3v) is 4.09. The molecule has 0 unspecified atom stereocenters. The van der Waals surface area contributed by atoms with Crippen molar-refractivity contribution in [1.82, 2.24) is 10.2 Å². The van der Waals surface area contributed by atoms with Crippen molar-refractivity contribution >= 4 is 6.03 Å². The molecule has 0 aromatic heterocycles. The van der Waals surface area contributed by atoms with Crippen molar-refractivity contribution in [2.75, 3.05) is 33.4 Å². The smallest absolute Gasteiger partial charge is 0.318 e. The maximum Gasteiger partial charge on any atom is 0.318 e. The van der Waals surface area contributed by atoms with Gasteiger partial charge in [-0.25, -0.2) is 9.18 Å². The second kappa shape index (κ2) is 7.94. The summed E-state index contributed by atoms with van der Waals surface area (Å²) < 4.78 is 24.3. The molecule has 0 saturated carbocycles. The van der Waals surface area contributed by atoms with Crippen LogP contribution in [-0.2, 0) is 9.47 Å². The molecule has 1 aliphatic heterocycles. The summed E-state index contributed by atoms with van der Waals surface area (Å²) in [7, 11) is 1.61. The Kier molecular flexibility index (Phi) is 6.18. The number of morpholine rings is 1. The average molecular weight is 338 g/mol. The van der Waals surface area contributed by atoms with Crippen molar-refractivity contribution in [3.05, 3.63) is 35.6 Å². The lowest BCUT2D eigenvalue weighted by atomic mass is 9.82. The van der Waals surface area contributed by atoms with Crippen molar-refractivity contribution in [2.24, 2.45) is 5.41 Å². The minimum Gasteiger partial charge on any atom is -0.382 e. The van der Waals surface area contributed by atoms with E-state index >= 15 is 0 Å². The largest absolute Gasteiger partial charge is 0.382 e. The number of amides is 2. The van der Waals surface area contributed by atoms with Crippen LogP contribution in [0.1, 0.15) is 32.4 Å². The summed E-state index contributed by atoms with van der Waals surface area (Å²) in [6.07, 6.45) is -0.114. The monoisotopic (exact) mass is 338 g/mol. The van der Waals surface area contributed by atoms with Crippen molar-refractivity contribution < 1.29 is 18.7 Å². The Labute approximate surface area is 143 Å². The highest BCUT2D eigenvalue weighted by atomic mass is 19.1. The van der Waals surface area contributed by atoms with Gasteiger partial charge in [-0.2, -0.15) is 0 Å². The Bertz CT molecular complexity index is 557. The van der Waals surface area contributed by atoms with E-state index in [9.17, 15) is 9.18 Å². The van der Waals surface area contributed by atoms with Crippen molar-refractivity contribution in [3.8, 4) is 0 Å². The fourth-order valence-electron chi connectivity index (χ4n) is 2.89. The van der Waals surface area contributed by atoms with E-state index < -0.39 is 0 Å². The summed E-state index contributed by atoms with van der Waals surface area (Å²) in [5.74, 6) is -0.303. The lowest BCUT2D eigenvalue weighted by Gasteiger charge is -2.37. The first-order valence-corrected chi connectivity index (χ1v) is 8.22. The Hall–Kier alpha value is -1.66. The molecule has 1 saturated heterocycles. The standard InChI is InChI=1S/C18H27FN2O3/c1-18(2,3)16(13-6-5-7-14(19)10-13)20-17(22)21-8-9-24-15(11-21)12-23-4/h5-7,10,15-16H,8-9,11-12H2,1-4H3,(H,20,22)/t15-,16-/m1/s1. The van der Waals surface area contributed by atoms with Gasteiger partial charge < -0.3 is 19.7 Å². The molecule has 6 heteroatoms. The molecule has 2 atom stereocenters. The van der Waals surface area contributed by atoms with E-state index in [-0.39, 0.29) is 29.4 Å². The van der Waals surface area contributed by atoms with Crippen LogP contribution in [0, 0.1) is 11.2 Å². The van der Waals surface area contributed by atoms with Crippen LogP contribution in [0.2, 0.25) is 0 Å². The maximum atomic E-state index is 13.6. The number of carbonyl (C=O) groups excluding carboxylic acids is 1. The van der Waals surface area contributed by atoms with Gasteiger partial charge in [0.2, 0.25) is 0 Å². The van der Waals surface area contributed by atoms with Crippen LogP contribution in [0.3, 0.4) is 0 Å². The van der Waals surface area contributed by atoms with Crippen LogP contribution in [0.4, 0.5) is 9.18 Å². The predicted octanol–water partition coefficient (Wildman–Crippen LogP) is 2.97. The molecule has 2 rings (SSSR count). The van der Waals surface area contributed by atoms with Crippen molar-refractivity contribution in [2.45, 2.75) is 32.9 Å². The minimum absolute atomic E-state index is 0.114. The fourth-order valence-corrected chi connectivity index (χ4v) is 2.89. The maximum absolute atomic E-state index is 13.6. The number of hydrogen-bond acceptors (Lipinski definition) is 3. The molecule has 1 N–H and O–H groups in total. The molecule has 0 radical (unpaired) electrons. The highest BCUT2D eigenvalue weighted by Gasteiger charge is 2.31. The molecule has 134 valence electrons. The van der Waals surface area contributed by atoms with Gasteiger partial charge in [-0.05, 0) is 23.1 Å². The molecule has 2 amide bonds. The van der Waals surface area contributed by atoms with Crippen LogP contribution < -0.4 is 5.32 Å². The Balaban J connectivity index is 2.10. The molecule has 5 nitrogen and oxygen atoms in total. The summed E-state index contributed by atoms with van der Waals surface area (Å²) >= 11 is 0. The summed E-state index contributed by atoms with van der Waals surface area (Å²) in [4.78, 5) is 14.4. The van der Waals surface area contributed by atoms with Crippen molar-refractivity contribution in [3.63, 3.8) is 0 Å². The zero-order valence-corrected chi connectivity index (χ0v) is 14.8. The summed E-state index contributed by atoms with van der Waals surface area (Å²) in [5, 5.41) is 3.06. The number of ether oxygens (including phenoxy) is 2. The number of carbonyl (C=O) groups is 1. The van der Waals surface area contributed by atoms with Gasteiger partial charge in [-0.1, -0.05) is 32.9 Å². The van der Waals surface area contributed by atoms with Crippen LogP contribution in [0.5, 0.6) is 0 Å². The van der Waals surface area contributed by atoms with E-state index in [1.807, 2.05) is 26.8 Å². The van der Waals surface area contributed by atoms with Crippen LogP contribution in [0.15, 0.2) is 24.3 Å². The molecule has 1 heterocycles. The van der Waals surface area contributed by atoms with E-state index in [0.717, 1.165) is 5.56 Å². The van der Waals surface area contributed by atoms with E-state index in [0.29, 0.717) is 26.3 Å². The second-order valence-corrected chi connectivity index (χ2v) is 7.20. The number of methoxy groups -OCH3 is 1. The number of hydrogen-bond donors (Lipinski definition) is 1. The van der Waals surface area contributed by atoms with Gasteiger partial charge in [-0.15, -0.1) is 0 Å². The highest BCUT2D eigenvalue weighted by molar-refractivity contribution is 5.75. The molecule has 0 aliphatic carbocycles. The van der Waals surface area contributed by atoms with Crippen molar-refractivity contribution in [1.29, 1.82) is 0 Å². The SMILES string of the molecule is COC[C@H]1CN(C(=O)N[C@H](c2cccc(F)c2)C(C)(C)C)CCO1. The van der Waals surface area contributed by atoms with E-state index in [4.69, 9.17) is 9.47 Å². The first kappa shape index (κ1) is 18.7. The summed E-state index contributed by atoms with van der Waals surface area (Å²) in [6, 6.07) is 5.93. The third kappa shape index (κ3) is 4.92. The zero-order valence-electron chi connectivity index (χ0n) is 14.8. The Morgan fingerprint density at radius 2 is 2.25 bits per heavy atom. The number of nitrogens with zero attached hydrogens (tertiary/aromatic N) is 1. The van der Waals surface area contributed by atoms with Crippen LogP contribution >= 0.6 is 0 Å². The highest BCUT2D eigenvalue weighted by Crippen LogP contribution is 2.33. The van der Waals surface area contributed by atoms with E-state index in [1.54, 1.807) is 18.1 Å². The lowest BCUT2D eigenvalue weighted by Crippen LogP contribution is -2.52. The fraction of sp³-hybridized carbons (Fsp3) is 0.611. The first-order valence-electron chi connectivity index (χ1n) is 8.22. The topological polar surface area (TPSA) is 50.8 Å². The molecule has 1 aromatic carbocycles. The van der Waals surface area contributed by atoms with Crippen LogP contribution in [-0.4, -0.2) is 50.4 Å². The van der Waals surface area contributed by atoms with Crippen LogP contribution in [0.25, 0.3) is 0 Å². The Morgan fingerprint density at radius 1 is 1.50 bits per heavy atom. The number of halogens is 1. The molecule has 1 aromatic rings. The molecule has 1 aliphatic rings. The third-order valence-electron chi connectivity index (χ3n) is 4.09. The quantitative estimate of drug-likeness (QED) is 0.918. The Morgan fingerprint density at radius 3 is 2.88 bits per heavy atom. The lowest BCUT2D eigenvalue weighted by molar-refractivity contribution is -0.0499. The van der Waals surface area contributed by atoms with Gasteiger partial charge in [0.05, 0.1) is 31.9 Å². The minimum atomic E-state index is -0.303. The number of urea groups is 1. The first-order chi connectivity index (χ1) is 11.3. The molecule has 0 spiro atoms. The second-order valence-electron chi connectivity index (χ2n) is 7.20. The van der Waals surface area contributed by atoms with Gasteiger partial charge in [0.15, 0.2) is 0 Å². The summed E-state index contributed by atoms with van der Waals surface area (Å²) in [6.45, 7) is 8.03. The van der Waals surface area contributed by atoms with Gasteiger partial charge in [0.25, 0.3) is 0 Å². The molecular weight excluding hydrogens is 311 g/mol. The van der Waals surface area contributed by atoms with Gasteiger partial charge in [0.1, 0.15) is 5.82 Å². The normalized spacial score (nSPS) is 19.9. The molecule has 0 bridgehead atoms.